The van der Waals surface area contributed by atoms with Gasteiger partial charge in [0.1, 0.15) is 0 Å². The van der Waals surface area contributed by atoms with Gasteiger partial charge >= 0.3 is 5.97 Å². The summed E-state index contributed by atoms with van der Waals surface area (Å²) in [6.45, 7) is 1.68. The molecule has 3 nitrogen and oxygen atoms in total. The van der Waals surface area contributed by atoms with Crippen LogP contribution in [0.2, 0.25) is 0 Å². The molecule has 56 valence electrons. The highest BCUT2D eigenvalue weighted by Gasteiger charge is 2.35. The van der Waals surface area contributed by atoms with Crippen molar-refractivity contribution in [2.75, 3.05) is 0 Å². The van der Waals surface area contributed by atoms with Crippen LogP contribution in [0.3, 0.4) is 0 Å². The van der Waals surface area contributed by atoms with Crippen LogP contribution in [0.15, 0.2) is 12.2 Å². The predicted octanol–water partition coefficient (Wildman–Crippen LogP) is 0.365. The number of hydrogen-bond donors (Lipinski definition) is 2. The number of rotatable bonds is 1. The Balaban J connectivity index is 2.75. The molecule has 0 amide bonds. The molecule has 0 bridgehead atoms. The van der Waals surface area contributed by atoms with Crippen molar-refractivity contribution < 1.29 is 9.90 Å². The van der Waals surface area contributed by atoms with Crippen molar-refractivity contribution in [2.24, 2.45) is 11.1 Å². The summed E-state index contributed by atoms with van der Waals surface area (Å²) in [6, 6.07) is -0.0823. The van der Waals surface area contributed by atoms with Crippen LogP contribution in [0.5, 0.6) is 0 Å². The van der Waals surface area contributed by atoms with E-state index in [0.29, 0.717) is 6.42 Å². The molecular formula is C7H11NO2. The van der Waals surface area contributed by atoms with E-state index in [1.54, 1.807) is 19.1 Å². The van der Waals surface area contributed by atoms with Crippen molar-refractivity contribution in [3.63, 3.8) is 0 Å². The van der Waals surface area contributed by atoms with Gasteiger partial charge in [0.25, 0.3) is 0 Å². The largest absolute Gasteiger partial charge is 0.481 e. The lowest BCUT2D eigenvalue weighted by molar-refractivity contribution is -0.145. The summed E-state index contributed by atoms with van der Waals surface area (Å²) in [5, 5.41) is 8.68. The Morgan fingerprint density at radius 3 is 2.70 bits per heavy atom. The molecule has 3 heteroatoms. The van der Waals surface area contributed by atoms with Gasteiger partial charge in [0.15, 0.2) is 0 Å². The fraction of sp³-hybridized carbons (Fsp3) is 0.571. The predicted molar refractivity (Wildman–Crippen MR) is 37.5 cm³/mol. The molecular weight excluding hydrogens is 130 g/mol. The minimum atomic E-state index is -0.795. The van der Waals surface area contributed by atoms with Crippen molar-refractivity contribution in [1.82, 2.24) is 0 Å². The Labute approximate surface area is 59.5 Å². The van der Waals surface area contributed by atoms with Crippen molar-refractivity contribution in [1.29, 1.82) is 0 Å². The van der Waals surface area contributed by atoms with E-state index >= 15 is 0 Å². The number of aliphatic carboxylic acids is 1. The Hall–Kier alpha value is -0.830. The molecule has 2 unspecified atom stereocenters. The van der Waals surface area contributed by atoms with Crippen molar-refractivity contribution in [3.05, 3.63) is 12.2 Å². The van der Waals surface area contributed by atoms with Crippen LogP contribution < -0.4 is 5.73 Å². The maximum atomic E-state index is 10.6. The second kappa shape index (κ2) is 2.09. The van der Waals surface area contributed by atoms with E-state index in [-0.39, 0.29) is 6.04 Å². The maximum absolute atomic E-state index is 10.6. The number of carboxylic acids is 1. The van der Waals surface area contributed by atoms with E-state index in [1.165, 1.54) is 0 Å². The average molecular weight is 141 g/mol. The van der Waals surface area contributed by atoms with Crippen LogP contribution in [0.25, 0.3) is 0 Å². The van der Waals surface area contributed by atoms with Crippen LogP contribution in [-0.4, -0.2) is 17.1 Å². The van der Waals surface area contributed by atoms with Crippen molar-refractivity contribution in [2.45, 2.75) is 19.4 Å². The van der Waals surface area contributed by atoms with Gasteiger partial charge in [-0.15, -0.1) is 0 Å². The fourth-order valence-corrected chi connectivity index (χ4v) is 1.12. The van der Waals surface area contributed by atoms with Gasteiger partial charge in [0.2, 0.25) is 0 Å². The molecule has 0 radical (unpaired) electrons. The first-order valence-corrected chi connectivity index (χ1v) is 3.23. The molecule has 1 aliphatic carbocycles. The molecule has 0 aromatic carbocycles. The van der Waals surface area contributed by atoms with Gasteiger partial charge in [-0.25, -0.2) is 0 Å². The molecule has 1 rings (SSSR count). The first-order valence-electron chi connectivity index (χ1n) is 3.23. The van der Waals surface area contributed by atoms with Gasteiger partial charge in [-0.3, -0.25) is 4.79 Å². The van der Waals surface area contributed by atoms with E-state index in [1.807, 2.05) is 0 Å². The van der Waals surface area contributed by atoms with E-state index in [0.717, 1.165) is 0 Å². The normalized spacial score (nSPS) is 38.4. The molecule has 0 aromatic rings. The highest BCUT2D eigenvalue weighted by Crippen LogP contribution is 2.30. The van der Waals surface area contributed by atoms with E-state index in [9.17, 15) is 4.79 Å². The van der Waals surface area contributed by atoms with Gasteiger partial charge in [-0.2, -0.15) is 0 Å². The molecule has 0 fully saturated rings. The van der Waals surface area contributed by atoms with Crippen LogP contribution >= 0.6 is 0 Å². The average Bonchev–Trinajstić information content (AvgIpc) is 2.13. The molecule has 0 aromatic heterocycles. The lowest BCUT2D eigenvalue weighted by Gasteiger charge is -2.15. The lowest BCUT2D eigenvalue weighted by atomic mass is 9.90. The number of nitrogens with two attached hydrogens (primary N) is 1. The zero-order valence-corrected chi connectivity index (χ0v) is 5.87. The smallest absolute Gasteiger partial charge is 0.313 e. The summed E-state index contributed by atoms with van der Waals surface area (Å²) in [5.41, 5.74) is 4.78. The van der Waals surface area contributed by atoms with Gasteiger partial charge < -0.3 is 10.8 Å². The summed E-state index contributed by atoms with van der Waals surface area (Å²) in [5.74, 6) is -0.795. The Morgan fingerprint density at radius 2 is 2.50 bits per heavy atom. The minimum absolute atomic E-state index is 0.0823. The lowest BCUT2D eigenvalue weighted by Crippen LogP contribution is -2.27. The zero-order chi connectivity index (χ0) is 7.78. The highest BCUT2D eigenvalue weighted by molar-refractivity contribution is 5.77. The molecule has 1 aliphatic rings. The van der Waals surface area contributed by atoms with Crippen LogP contribution in [0.4, 0.5) is 0 Å². The SMILES string of the molecule is CC1(C(=O)O)C=CC(N)C1. The molecule has 0 saturated heterocycles. The van der Waals surface area contributed by atoms with E-state index in [2.05, 4.69) is 0 Å². The van der Waals surface area contributed by atoms with Crippen molar-refractivity contribution in [3.8, 4) is 0 Å². The van der Waals surface area contributed by atoms with Gasteiger partial charge in [0, 0.05) is 6.04 Å². The standard InChI is InChI=1S/C7H11NO2/c1-7(6(9)10)3-2-5(8)4-7/h2-3,5H,4,8H2,1H3,(H,9,10). The third-order valence-corrected chi connectivity index (χ3v) is 1.86. The highest BCUT2D eigenvalue weighted by atomic mass is 16.4. The quantitative estimate of drug-likeness (QED) is 0.518. The molecule has 0 heterocycles. The molecule has 0 spiro atoms. The minimum Gasteiger partial charge on any atom is -0.481 e. The molecule has 0 saturated carbocycles. The van der Waals surface area contributed by atoms with Gasteiger partial charge in [0.05, 0.1) is 5.41 Å². The topological polar surface area (TPSA) is 63.3 Å². The van der Waals surface area contributed by atoms with E-state index < -0.39 is 11.4 Å². The maximum Gasteiger partial charge on any atom is 0.313 e. The van der Waals surface area contributed by atoms with Crippen LogP contribution in [-0.2, 0) is 4.79 Å². The van der Waals surface area contributed by atoms with E-state index in [4.69, 9.17) is 10.8 Å². The molecule has 0 aliphatic heterocycles. The number of carbonyl (C=O) groups is 1. The summed E-state index contributed by atoms with van der Waals surface area (Å²) in [7, 11) is 0. The fourth-order valence-electron chi connectivity index (χ4n) is 1.12. The second-order valence-corrected chi connectivity index (χ2v) is 2.95. The zero-order valence-electron chi connectivity index (χ0n) is 5.87. The van der Waals surface area contributed by atoms with Gasteiger partial charge in [-0.05, 0) is 13.3 Å². The first kappa shape index (κ1) is 7.28. The Kier molecular flexibility index (Phi) is 1.52. The molecule has 3 N–H and O–H groups in total. The Morgan fingerprint density at radius 1 is 1.90 bits per heavy atom. The molecule has 2 atom stereocenters. The second-order valence-electron chi connectivity index (χ2n) is 2.95. The summed E-state index contributed by atoms with van der Waals surface area (Å²) in [4.78, 5) is 10.6. The third-order valence-electron chi connectivity index (χ3n) is 1.86. The summed E-state index contributed by atoms with van der Waals surface area (Å²) in [6.07, 6.45) is 3.93. The third kappa shape index (κ3) is 1.04. The van der Waals surface area contributed by atoms with Gasteiger partial charge in [-0.1, -0.05) is 12.2 Å². The summed E-state index contributed by atoms with van der Waals surface area (Å²) < 4.78 is 0. The number of hydrogen-bond acceptors (Lipinski definition) is 2. The first-order chi connectivity index (χ1) is 4.54. The monoisotopic (exact) mass is 141 g/mol. The number of carboxylic acid groups (broad SMARTS) is 1. The van der Waals surface area contributed by atoms with Crippen LogP contribution in [0.1, 0.15) is 13.3 Å². The summed E-state index contributed by atoms with van der Waals surface area (Å²) >= 11 is 0. The molecule has 10 heavy (non-hydrogen) atoms. The Bertz CT molecular complexity index is 188. The van der Waals surface area contributed by atoms with Crippen LogP contribution in [0, 0.1) is 5.41 Å². The van der Waals surface area contributed by atoms with Crippen molar-refractivity contribution >= 4 is 5.97 Å².